The fourth-order valence-corrected chi connectivity index (χ4v) is 2.48. The summed E-state index contributed by atoms with van der Waals surface area (Å²) in [7, 11) is 3.99. The van der Waals surface area contributed by atoms with Crippen LogP contribution in [0.25, 0.3) is 0 Å². The Hall–Kier alpha value is -1.55. The first-order valence-corrected chi connectivity index (χ1v) is 6.70. The molecule has 0 bridgehead atoms. The van der Waals surface area contributed by atoms with Gasteiger partial charge in [0.15, 0.2) is 0 Å². The normalized spacial score (nSPS) is 22.3. The van der Waals surface area contributed by atoms with Crippen LogP contribution in [0.5, 0.6) is 0 Å². The maximum Gasteiger partial charge on any atom is 0.253 e. The molecule has 1 aromatic carbocycles. The van der Waals surface area contributed by atoms with E-state index >= 15 is 0 Å². The molecule has 1 N–H and O–H groups in total. The fourth-order valence-electron chi connectivity index (χ4n) is 2.48. The number of amides is 1. The van der Waals surface area contributed by atoms with E-state index in [4.69, 9.17) is 4.74 Å². The lowest BCUT2D eigenvalue weighted by atomic mass is 10.0. The predicted octanol–water partition coefficient (Wildman–Crippen LogP) is 2.42. The number of hydrogen-bond acceptors (Lipinski definition) is 3. The van der Waals surface area contributed by atoms with Crippen molar-refractivity contribution in [2.45, 2.75) is 26.4 Å². The number of anilines is 2. The third-order valence-electron chi connectivity index (χ3n) is 3.69. The van der Waals surface area contributed by atoms with Gasteiger partial charge in [-0.25, -0.2) is 0 Å². The minimum Gasteiger partial charge on any atom is -0.377 e. The van der Waals surface area contributed by atoms with Crippen LogP contribution in [0.4, 0.5) is 11.4 Å². The van der Waals surface area contributed by atoms with Gasteiger partial charge in [0.05, 0.1) is 0 Å². The van der Waals surface area contributed by atoms with Crippen molar-refractivity contribution in [1.29, 1.82) is 0 Å². The topological polar surface area (TPSA) is 41.6 Å². The molecule has 0 radical (unpaired) electrons. The highest BCUT2D eigenvalue weighted by Gasteiger charge is 2.31. The lowest BCUT2D eigenvalue weighted by Crippen LogP contribution is -2.31. The van der Waals surface area contributed by atoms with Crippen molar-refractivity contribution in [3.8, 4) is 0 Å². The number of benzene rings is 1. The van der Waals surface area contributed by atoms with Gasteiger partial charge in [-0.1, -0.05) is 13.0 Å². The van der Waals surface area contributed by atoms with E-state index in [0.717, 1.165) is 23.4 Å². The molecule has 1 aromatic rings. The average Bonchev–Trinajstić information content (AvgIpc) is 2.77. The molecular weight excluding hydrogens is 240 g/mol. The minimum atomic E-state index is -0.317. The molecule has 0 saturated carbocycles. The zero-order valence-corrected chi connectivity index (χ0v) is 12.1. The SMILES string of the molecule is Cc1c(NC(=O)[C@H]2OCC[C@@H]2C)cccc1N(C)C. The van der Waals surface area contributed by atoms with Gasteiger partial charge in [0, 0.05) is 32.1 Å². The van der Waals surface area contributed by atoms with Crippen molar-refractivity contribution in [3.05, 3.63) is 23.8 Å². The van der Waals surface area contributed by atoms with E-state index in [0.29, 0.717) is 6.61 Å². The standard InChI is InChI=1S/C15H22N2O2/c1-10-8-9-19-14(10)15(18)16-12-6-5-7-13(11(12)2)17(3)4/h5-7,10,14H,8-9H2,1-4H3,(H,16,18)/t10-,14-/m0/s1. The van der Waals surface area contributed by atoms with E-state index in [-0.39, 0.29) is 17.9 Å². The van der Waals surface area contributed by atoms with Crippen LogP contribution in [0.3, 0.4) is 0 Å². The van der Waals surface area contributed by atoms with Gasteiger partial charge < -0.3 is 15.0 Å². The summed E-state index contributed by atoms with van der Waals surface area (Å²) in [5, 5.41) is 2.99. The Morgan fingerprint density at radius 1 is 1.42 bits per heavy atom. The van der Waals surface area contributed by atoms with E-state index in [2.05, 4.69) is 12.2 Å². The lowest BCUT2D eigenvalue weighted by molar-refractivity contribution is -0.126. The molecule has 19 heavy (non-hydrogen) atoms. The molecule has 1 aliphatic heterocycles. The second-order valence-electron chi connectivity index (χ2n) is 5.39. The first-order chi connectivity index (χ1) is 9.00. The van der Waals surface area contributed by atoms with E-state index in [9.17, 15) is 4.79 Å². The summed E-state index contributed by atoms with van der Waals surface area (Å²) < 4.78 is 5.49. The molecule has 1 fully saturated rings. The summed E-state index contributed by atoms with van der Waals surface area (Å²) in [5.74, 6) is 0.251. The number of hydrogen-bond donors (Lipinski definition) is 1. The zero-order valence-electron chi connectivity index (χ0n) is 12.1. The Balaban J connectivity index is 2.15. The monoisotopic (exact) mass is 262 g/mol. The van der Waals surface area contributed by atoms with Gasteiger partial charge in [-0.15, -0.1) is 0 Å². The zero-order chi connectivity index (χ0) is 14.0. The van der Waals surface area contributed by atoms with Crippen LogP contribution >= 0.6 is 0 Å². The summed E-state index contributed by atoms with van der Waals surface area (Å²) in [5.41, 5.74) is 3.04. The van der Waals surface area contributed by atoms with E-state index in [1.165, 1.54) is 0 Å². The van der Waals surface area contributed by atoms with Crippen LogP contribution < -0.4 is 10.2 Å². The van der Waals surface area contributed by atoms with Crippen LogP contribution in [0.2, 0.25) is 0 Å². The third-order valence-corrected chi connectivity index (χ3v) is 3.69. The molecule has 104 valence electrons. The highest BCUT2D eigenvalue weighted by Crippen LogP contribution is 2.27. The number of nitrogens with one attached hydrogen (secondary N) is 1. The summed E-state index contributed by atoms with van der Waals surface area (Å²) in [6, 6.07) is 5.93. The highest BCUT2D eigenvalue weighted by molar-refractivity contribution is 5.95. The van der Waals surface area contributed by atoms with Crippen LogP contribution in [0.1, 0.15) is 18.9 Å². The molecular formula is C15H22N2O2. The second kappa shape index (κ2) is 5.61. The third kappa shape index (κ3) is 2.89. The lowest BCUT2D eigenvalue weighted by Gasteiger charge is -2.20. The molecule has 1 saturated heterocycles. The number of carbonyl (C=O) groups excluding carboxylic acids is 1. The molecule has 4 nitrogen and oxygen atoms in total. The first-order valence-electron chi connectivity index (χ1n) is 6.70. The van der Waals surface area contributed by atoms with Crippen molar-refractivity contribution < 1.29 is 9.53 Å². The van der Waals surface area contributed by atoms with E-state index in [1.54, 1.807) is 0 Å². The highest BCUT2D eigenvalue weighted by atomic mass is 16.5. The van der Waals surface area contributed by atoms with E-state index in [1.807, 2.05) is 44.1 Å². The average molecular weight is 262 g/mol. The van der Waals surface area contributed by atoms with Crippen molar-refractivity contribution in [2.75, 3.05) is 30.9 Å². The molecule has 2 atom stereocenters. The van der Waals surface area contributed by atoms with Crippen LogP contribution in [0.15, 0.2) is 18.2 Å². The molecule has 1 amide bonds. The number of nitrogens with zero attached hydrogens (tertiary/aromatic N) is 1. The van der Waals surface area contributed by atoms with Gasteiger partial charge in [0.1, 0.15) is 6.10 Å². The number of carbonyl (C=O) groups is 1. The van der Waals surface area contributed by atoms with Gasteiger partial charge in [-0.2, -0.15) is 0 Å². The van der Waals surface area contributed by atoms with Crippen LogP contribution in [-0.2, 0) is 9.53 Å². The molecule has 0 aromatic heterocycles. The van der Waals surface area contributed by atoms with Crippen molar-refractivity contribution in [3.63, 3.8) is 0 Å². The molecule has 0 unspecified atom stereocenters. The maximum absolute atomic E-state index is 12.2. The van der Waals surface area contributed by atoms with Gasteiger partial charge in [0.25, 0.3) is 5.91 Å². The van der Waals surface area contributed by atoms with Gasteiger partial charge in [0.2, 0.25) is 0 Å². The minimum absolute atomic E-state index is 0.0380. The smallest absolute Gasteiger partial charge is 0.253 e. The molecule has 2 rings (SSSR count). The van der Waals surface area contributed by atoms with E-state index < -0.39 is 0 Å². The summed E-state index contributed by atoms with van der Waals surface area (Å²) in [6.07, 6.45) is 0.636. The molecule has 4 heteroatoms. The first kappa shape index (κ1) is 13.9. The van der Waals surface area contributed by atoms with Gasteiger partial charge in [-0.05, 0) is 37.0 Å². The fraction of sp³-hybridized carbons (Fsp3) is 0.533. The summed E-state index contributed by atoms with van der Waals surface area (Å²) in [4.78, 5) is 14.3. The van der Waals surface area contributed by atoms with Gasteiger partial charge >= 0.3 is 0 Å². The second-order valence-corrected chi connectivity index (χ2v) is 5.39. The molecule has 0 spiro atoms. The summed E-state index contributed by atoms with van der Waals surface area (Å²) in [6.45, 7) is 4.75. The molecule has 1 aliphatic rings. The van der Waals surface area contributed by atoms with Crippen molar-refractivity contribution in [1.82, 2.24) is 0 Å². The Kier molecular flexibility index (Phi) is 4.10. The Bertz CT molecular complexity index is 471. The number of rotatable bonds is 3. The van der Waals surface area contributed by atoms with Gasteiger partial charge in [-0.3, -0.25) is 4.79 Å². The van der Waals surface area contributed by atoms with Crippen LogP contribution in [-0.4, -0.2) is 32.7 Å². The molecule has 0 aliphatic carbocycles. The Labute approximate surface area is 114 Å². The Morgan fingerprint density at radius 3 is 2.74 bits per heavy atom. The largest absolute Gasteiger partial charge is 0.377 e. The molecule has 1 heterocycles. The number of ether oxygens (including phenoxy) is 1. The van der Waals surface area contributed by atoms with Crippen molar-refractivity contribution >= 4 is 17.3 Å². The van der Waals surface area contributed by atoms with Crippen LogP contribution in [0, 0.1) is 12.8 Å². The predicted molar refractivity (Wildman–Crippen MR) is 77.7 cm³/mol. The maximum atomic E-state index is 12.2. The summed E-state index contributed by atoms with van der Waals surface area (Å²) >= 11 is 0. The van der Waals surface area contributed by atoms with Crippen molar-refractivity contribution in [2.24, 2.45) is 5.92 Å². The Morgan fingerprint density at radius 2 is 2.16 bits per heavy atom. The quantitative estimate of drug-likeness (QED) is 0.909.